The fraction of sp³-hybridized carbons (Fsp3) is 0.368. The van der Waals surface area contributed by atoms with Gasteiger partial charge in [0.1, 0.15) is 0 Å². The maximum atomic E-state index is 12.5. The normalized spacial score (nSPS) is 10.7. The molecule has 0 fully saturated rings. The molecule has 0 aliphatic heterocycles. The zero-order chi connectivity index (χ0) is 16.5. The van der Waals surface area contributed by atoms with Gasteiger partial charge in [-0.1, -0.05) is 30.3 Å². The van der Waals surface area contributed by atoms with Gasteiger partial charge in [-0.2, -0.15) is 0 Å². The second-order valence-corrected chi connectivity index (χ2v) is 5.88. The Balaban J connectivity index is 1.79. The molecule has 0 saturated heterocycles. The van der Waals surface area contributed by atoms with Crippen LogP contribution in [-0.2, 0) is 17.9 Å². The predicted molar refractivity (Wildman–Crippen MR) is 92.7 cm³/mol. The molecule has 0 spiro atoms. The van der Waals surface area contributed by atoms with Crippen molar-refractivity contribution < 1.29 is 4.79 Å². The first-order valence-electron chi connectivity index (χ1n) is 8.10. The Morgan fingerprint density at radius 2 is 1.78 bits per heavy atom. The number of aromatic nitrogens is 1. The molecule has 4 nitrogen and oxygen atoms in total. The van der Waals surface area contributed by atoms with E-state index in [1.165, 1.54) is 11.1 Å². The highest BCUT2D eigenvalue weighted by atomic mass is 16.2. The van der Waals surface area contributed by atoms with Crippen LogP contribution in [0.2, 0.25) is 0 Å². The number of nitrogens with zero attached hydrogens (tertiary/aromatic N) is 2. The highest BCUT2D eigenvalue weighted by Crippen LogP contribution is 2.09. The van der Waals surface area contributed by atoms with E-state index in [2.05, 4.69) is 36.3 Å². The average molecular weight is 311 g/mol. The third-order valence-electron chi connectivity index (χ3n) is 3.73. The summed E-state index contributed by atoms with van der Waals surface area (Å²) in [6.07, 6.45) is 4.07. The minimum Gasteiger partial charge on any atom is -0.336 e. The predicted octanol–water partition coefficient (Wildman–Crippen LogP) is 3.00. The summed E-state index contributed by atoms with van der Waals surface area (Å²) in [4.78, 5) is 18.4. The second-order valence-electron chi connectivity index (χ2n) is 5.88. The Morgan fingerprint density at radius 1 is 1.09 bits per heavy atom. The molecule has 1 aromatic carbocycles. The number of nitrogens with one attached hydrogen (secondary N) is 1. The quantitative estimate of drug-likeness (QED) is 0.762. The van der Waals surface area contributed by atoms with Gasteiger partial charge in [0.05, 0.1) is 0 Å². The molecule has 0 radical (unpaired) electrons. The van der Waals surface area contributed by atoms with Crippen LogP contribution >= 0.6 is 0 Å². The van der Waals surface area contributed by atoms with E-state index in [4.69, 9.17) is 0 Å². The summed E-state index contributed by atoms with van der Waals surface area (Å²) in [6.45, 7) is 6.23. The van der Waals surface area contributed by atoms with Crippen LogP contribution in [0.1, 0.15) is 31.4 Å². The number of rotatable bonds is 8. The third kappa shape index (κ3) is 5.83. The van der Waals surface area contributed by atoms with E-state index >= 15 is 0 Å². The van der Waals surface area contributed by atoms with Crippen LogP contribution in [0, 0.1) is 0 Å². The Labute approximate surface area is 138 Å². The van der Waals surface area contributed by atoms with E-state index in [9.17, 15) is 4.79 Å². The van der Waals surface area contributed by atoms with Crippen LogP contribution < -0.4 is 5.32 Å². The molecule has 2 rings (SSSR count). The molecule has 1 amide bonds. The van der Waals surface area contributed by atoms with Gasteiger partial charge in [0.25, 0.3) is 0 Å². The molecule has 0 aliphatic rings. The first kappa shape index (κ1) is 17.2. The van der Waals surface area contributed by atoms with E-state index in [0.29, 0.717) is 19.5 Å². The molecular formula is C19H25N3O. The van der Waals surface area contributed by atoms with Crippen molar-refractivity contribution in [2.45, 2.75) is 39.4 Å². The zero-order valence-corrected chi connectivity index (χ0v) is 13.9. The third-order valence-corrected chi connectivity index (χ3v) is 3.73. The van der Waals surface area contributed by atoms with Gasteiger partial charge in [0.15, 0.2) is 0 Å². The monoisotopic (exact) mass is 311 g/mol. The minimum atomic E-state index is 0.186. The van der Waals surface area contributed by atoms with E-state index < -0.39 is 0 Å². The molecule has 0 bridgehead atoms. The van der Waals surface area contributed by atoms with Crippen molar-refractivity contribution in [2.24, 2.45) is 0 Å². The van der Waals surface area contributed by atoms with Crippen molar-refractivity contribution in [3.05, 3.63) is 66.0 Å². The number of benzene rings is 1. The van der Waals surface area contributed by atoms with Crippen molar-refractivity contribution >= 4 is 5.91 Å². The number of carbonyl (C=O) groups is 1. The summed E-state index contributed by atoms with van der Waals surface area (Å²) in [7, 11) is 0. The molecule has 1 aromatic heterocycles. The lowest BCUT2D eigenvalue weighted by Gasteiger charge is -2.27. The Bertz CT molecular complexity index is 584. The fourth-order valence-electron chi connectivity index (χ4n) is 2.41. The highest BCUT2D eigenvalue weighted by molar-refractivity contribution is 5.76. The molecule has 1 N–H and O–H groups in total. The van der Waals surface area contributed by atoms with Crippen LogP contribution in [0.3, 0.4) is 0 Å². The van der Waals surface area contributed by atoms with Gasteiger partial charge < -0.3 is 10.2 Å². The van der Waals surface area contributed by atoms with Gasteiger partial charge in [-0.25, -0.2) is 0 Å². The summed E-state index contributed by atoms with van der Waals surface area (Å²) >= 11 is 0. The lowest BCUT2D eigenvalue weighted by atomic mass is 10.1. The Kier molecular flexibility index (Phi) is 6.76. The van der Waals surface area contributed by atoms with Crippen LogP contribution in [0.5, 0.6) is 0 Å². The van der Waals surface area contributed by atoms with Crippen molar-refractivity contribution in [2.75, 3.05) is 6.54 Å². The van der Waals surface area contributed by atoms with Gasteiger partial charge in [0.2, 0.25) is 5.91 Å². The Morgan fingerprint density at radius 3 is 2.43 bits per heavy atom. The summed E-state index contributed by atoms with van der Waals surface area (Å²) < 4.78 is 0. The Hall–Kier alpha value is -2.20. The molecular weight excluding hydrogens is 286 g/mol. The summed E-state index contributed by atoms with van der Waals surface area (Å²) in [5.74, 6) is 0.186. The second kappa shape index (κ2) is 9.06. The highest BCUT2D eigenvalue weighted by Gasteiger charge is 2.16. The van der Waals surface area contributed by atoms with E-state index in [-0.39, 0.29) is 11.9 Å². The first-order chi connectivity index (χ1) is 11.2. The maximum absolute atomic E-state index is 12.5. The molecule has 0 atom stereocenters. The van der Waals surface area contributed by atoms with Gasteiger partial charge in [-0.15, -0.1) is 0 Å². The standard InChI is InChI=1S/C19H25N3O/c1-16(2)22(15-18-6-4-3-5-7-18)19(23)10-13-21-14-17-8-11-20-12-9-17/h3-9,11-12,16,21H,10,13-15H2,1-2H3. The van der Waals surface area contributed by atoms with Gasteiger partial charge in [0, 0.05) is 44.5 Å². The molecule has 0 aliphatic carbocycles. The topological polar surface area (TPSA) is 45.2 Å². The zero-order valence-electron chi connectivity index (χ0n) is 13.9. The molecule has 0 saturated carbocycles. The van der Waals surface area contributed by atoms with Crippen LogP contribution in [-0.4, -0.2) is 28.4 Å². The number of carbonyl (C=O) groups excluding carboxylic acids is 1. The van der Waals surface area contributed by atoms with E-state index in [1.807, 2.05) is 35.2 Å². The van der Waals surface area contributed by atoms with E-state index in [0.717, 1.165) is 6.54 Å². The van der Waals surface area contributed by atoms with Crippen molar-refractivity contribution in [3.63, 3.8) is 0 Å². The van der Waals surface area contributed by atoms with Gasteiger partial charge >= 0.3 is 0 Å². The molecule has 4 heteroatoms. The largest absolute Gasteiger partial charge is 0.336 e. The number of pyridine rings is 1. The van der Waals surface area contributed by atoms with Crippen molar-refractivity contribution in [1.29, 1.82) is 0 Å². The molecule has 122 valence electrons. The van der Waals surface area contributed by atoms with Crippen LogP contribution in [0.25, 0.3) is 0 Å². The number of hydrogen-bond donors (Lipinski definition) is 1. The summed E-state index contributed by atoms with van der Waals surface area (Å²) in [5, 5.41) is 3.31. The number of hydrogen-bond acceptors (Lipinski definition) is 3. The van der Waals surface area contributed by atoms with Crippen molar-refractivity contribution in [1.82, 2.24) is 15.2 Å². The lowest BCUT2D eigenvalue weighted by Crippen LogP contribution is -2.37. The molecule has 2 aromatic rings. The first-order valence-corrected chi connectivity index (χ1v) is 8.10. The van der Waals surface area contributed by atoms with Gasteiger partial charge in [-0.05, 0) is 37.1 Å². The minimum absolute atomic E-state index is 0.186. The average Bonchev–Trinajstić information content (AvgIpc) is 2.58. The van der Waals surface area contributed by atoms with Crippen molar-refractivity contribution in [3.8, 4) is 0 Å². The van der Waals surface area contributed by atoms with Crippen LogP contribution in [0.15, 0.2) is 54.9 Å². The fourth-order valence-corrected chi connectivity index (χ4v) is 2.41. The van der Waals surface area contributed by atoms with Gasteiger partial charge in [-0.3, -0.25) is 9.78 Å². The smallest absolute Gasteiger partial charge is 0.224 e. The van der Waals surface area contributed by atoms with E-state index in [1.54, 1.807) is 12.4 Å². The molecule has 23 heavy (non-hydrogen) atoms. The van der Waals surface area contributed by atoms with Crippen LogP contribution in [0.4, 0.5) is 0 Å². The maximum Gasteiger partial charge on any atom is 0.224 e. The molecule has 0 unspecified atom stereocenters. The molecule has 1 heterocycles. The number of amides is 1. The SMILES string of the molecule is CC(C)N(Cc1ccccc1)C(=O)CCNCc1ccncc1. The lowest BCUT2D eigenvalue weighted by molar-refractivity contribution is -0.133. The summed E-state index contributed by atoms with van der Waals surface area (Å²) in [6, 6.07) is 14.3. The summed E-state index contributed by atoms with van der Waals surface area (Å²) in [5.41, 5.74) is 2.34.